The molecule has 0 unspecified atom stereocenters. The first-order chi connectivity index (χ1) is 13.4. The molecule has 7 nitrogen and oxygen atoms in total. The molecule has 1 saturated heterocycles. The first-order valence-electron chi connectivity index (χ1n) is 9.95. The van der Waals surface area contributed by atoms with Gasteiger partial charge in [-0.15, -0.1) is 0 Å². The Morgan fingerprint density at radius 1 is 1.14 bits per heavy atom. The van der Waals surface area contributed by atoms with Gasteiger partial charge in [0.25, 0.3) is 6.01 Å². The van der Waals surface area contributed by atoms with E-state index in [-0.39, 0.29) is 0 Å². The number of piperazine rings is 1. The topological polar surface area (TPSA) is 55.7 Å². The lowest BCUT2D eigenvalue weighted by atomic mass is 10.1. The number of hydrogen-bond donors (Lipinski definition) is 0. The van der Waals surface area contributed by atoms with Crippen molar-refractivity contribution in [2.75, 3.05) is 51.8 Å². The van der Waals surface area contributed by atoms with Gasteiger partial charge in [-0.05, 0) is 25.2 Å². The second-order valence-corrected chi connectivity index (χ2v) is 14.2. The van der Waals surface area contributed by atoms with Crippen LogP contribution in [-0.4, -0.2) is 74.5 Å². The smallest absolute Gasteiger partial charge is 0.298 e. The van der Waals surface area contributed by atoms with Gasteiger partial charge in [0.05, 0.1) is 12.8 Å². The fraction of sp³-hybridized carbons (Fsp3) is 0.600. The molecule has 154 valence electrons. The van der Waals surface area contributed by atoms with Crippen molar-refractivity contribution >= 4 is 13.9 Å². The maximum Gasteiger partial charge on any atom is 0.298 e. The number of imidazole rings is 1. The van der Waals surface area contributed by atoms with Crippen molar-refractivity contribution in [2.24, 2.45) is 0 Å². The highest BCUT2D eigenvalue weighted by Crippen LogP contribution is 2.30. The summed E-state index contributed by atoms with van der Waals surface area (Å²) in [5, 5.41) is 0. The summed E-state index contributed by atoms with van der Waals surface area (Å²) in [5.41, 5.74) is 1.90. The molecule has 28 heavy (non-hydrogen) atoms. The van der Waals surface area contributed by atoms with Crippen LogP contribution in [0.5, 0.6) is 6.01 Å². The Balaban J connectivity index is 1.76. The lowest BCUT2D eigenvalue weighted by molar-refractivity contribution is 0.0809. The molecular weight excluding hydrogens is 370 g/mol. The Bertz CT molecular complexity index is 766. The first kappa shape index (κ1) is 20.8. The van der Waals surface area contributed by atoms with Gasteiger partial charge >= 0.3 is 0 Å². The monoisotopic (exact) mass is 403 g/mol. The molecule has 0 atom stereocenters. The number of anilines is 1. The van der Waals surface area contributed by atoms with Gasteiger partial charge in [0.2, 0.25) is 0 Å². The molecule has 0 radical (unpaired) electrons. The molecule has 8 heteroatoms. The van der Waals surface area contributed by atoms with Gasteiger partial charge in [-0.25, -0.2) is 4.98 Å². The number of ether oxygens (including phenoxy) is 2. The van der Waals surface area contributed by atoms with E-state index in [1.807, 2.05) is 23.0 Å². The van der Waals surface area contributed by atoms with E-state index in [1.54, 1.807) is 7.11 Å². The first-order valence-corrected chi connectivity index (χ1v) is 13.7. The van der Waals surface area contributed by atoms with Gasteiger partial charge in [0.1, 0.15) is 12.5 Å². The highest BCUT2D eigenvalue weighted by molar-refractivity contribution is 6.76. The lowest BCUT2D eigenvalue weighted by Gasteiger charge is -2.34. The van der Waals surface area contributed by atoms with Crippen LogP contribution < -0.4 is 9.64 Å². The maximum absolute atomic E-state index is 5.89. The van der Waals surface area contributed by atoms with Crippen molar-refractivity contribution in [3.8, 4) is 17.3 Å². The second kappa shape index (κ2) is 9.06. The summed E-state index contributed by atoms with van der Waals surface area (Å²) < 4.78 is 13.3. The molecule has 0 N–H and O–H groups in total. The molecule has 0 amide bonds. The minimum Gasteiger partial charge on any atom is -0.468 e. The fourth-order valence-electron chi connectivity index (χ4n) is 3.19. The molecule has 0 bridgehead atoms. The van der Waals surface area contributed by atoms with Crippen molar-refractivity contribution in [3.05, 3.63) is 24.5 Å². The maximum atomic E-state index is 5.89. The molecule has 1 aliphatic rings. The third-order valence-electron chi connectivity index (χ3n) is 5.01. The van der Waals surface area contributed by atoms with E-state index in [2.05, 4.69) is 52.5 Å². The number of pyridine rings is 1. The minimum atomic E-state index is -1.09. The Morgan fingerprint density at radius 3 is 2.57 bits per heavy atom. The van der Waals surface area contributed by atoms with Gasteiger partial charge in [0.15, 0.2) is 0 Å². The summed E-state index contributed by atoms with van der Waals surface area (Å²) in [6.07, 6.45) is 3.86. The van der Waals surface area contributed by atoms with Crippen LogP contribution in [0.25, 0.3) is 11.3 Å². The number of hydrogen-bond acceptors (Lipinski definition) is 6. The average Bonchev–Trinajstić information content (AvgIpc) is 3.08. The highest BCUT2D eigenvalue weighted by atomic mass is 28.3. The molecule has 2 aromatic rings. The van der Waals surface area contributed by atoms with Crippen LogP contribution in [0.4, 0.5) is 5.82 Å². The molecule has 1 fully saturated rings. The average molecular weight is 404 g/mol. The number of likely N-dealkylation sites (N-methyl/N-ethyl adjacent to an activating group) is 1. The predicted molar refractivity (Wildman–Crippen MR) is 116 cm³/mol. The van der Waals surface area contributed by atoms with Crippen LogP contribution >= 0.6 is 0 Å². The number of rotatable bonds is 8. The zero-order valence-electron chi connectivity index (χ0n) is 17.8. The summed E-state index contributed by atoms with van der Waals surface area (Å²) in [6.45, 7) is 12.3. The summed E-state index contributed by atoms with van der Waals surface area (Å²) in [4.78, 5) is 14.0. The van der Waals surface area contributed by atoms with E-state index < -0.39 is 8.07 Å². The van der Waals surface area contributed by atoms with Crippen molar-refractivity contribution in [1.82, 2.24) is 19.4 Å². The summed E-state index contributed by atoms with van der Waals surface area (Å²) in [5.74, 6) is 0.988. The minimum absolute atomic E-state index is 0.449. The standard InChI is InChI=1S/C20H33N5O2Si/c1-23-9-11-24(12-10-23)19-17(7-6-8-21-19)18-15-25(20(22-18)26-2)16-27-13-14-28(3,4)5/h6-8,15H,9-14,16H2,1-5H3. The molecule has 0 saturated carbocycles. The van der Waals surface area contributed by atoms with E-state index in [4.69, 9.17) is 9.47 Å². The molecular formula is C20H33N5O2Si. The number of nitrogens with zero attached hydrogens (tertiary/aromatic N) is 5. The molecule has 3 heterocycles. The van der Waals surface area contributed by atoms with Crippen LogP contribution in [0.2, 0.25) is 25.7 Å². The summed E-state index contributed by atoms with van der Waals surface area (Å²) in [6, 6.07) is 5.76. The van der Waals surface area contributed by atoms with E-state index in [9.17, 15) is 0 Å². The van der Waals surface area contributed by atoms with Gasteiger partial charge in [-0.2, -0.15) is 4.98 Å². The number of aromatic nitrogens is 3. The molecule has 1 aliphatic heterocycles. The summed E-state index contributed by atoms with van der Waals surface area (Å²) >= 11 is 0. The van der Waals surface area contributed by atoms with Crippen LogP contribution in [0.15, 0.2) is 24.5 Å². The largest absolute Gasteiger partial charge is 0.468 e. The van der Waals surface area contributed by atoms with Crippen LogP contribution in [-0.2, 0) is 11.5 Å². The van der Waals surface area contributed by atoms with E-state index in [0.29, 0.717) is 12.7 Å². The lowest BCUT2D eigenvalue weighted by Crippen LogP contribution is -2.45. The number of methoxy groups -OCH3 is 1. The van der Waals surface area contributed by atoms with Gasteiger partial charge in [0, 0.05) is 58.8 Å². The van der Waals surface area contributed by atoms with Crippen molar-refractivity contribution in [3.63, 3.8) is 0 Å². The third kappa shape index (κ3) is 5.33. The van der Waals surface area contributed by atoms with E-state index in [1.165, 1.54) is 0 Å². The molecule has 0 aliphatic carbocycles. The van der Waals surface area contributed by atoms with Gasteiger partial charge in [-0.1, -0.05) is 19.6 Å². The zero-order chi connectivity index (χ0) is 20.1. The van der Waals surface area contributed by atoms with Crippen molar-refractivity contribution in [1.29, 1.82) is 0 Å². The molecule has 0 aromatic carbocycles. The molecule has 0 spiro atoms. The predicted octanol–water partition coefficient (Wildman–Crippen LogP) is 3.02. The third-order valence-corrected chi connectivity index (χ3v) is 6.72. The Hall–Kier alpha value is -1.90. The van der Waals surface area contributed by atoms with Gasteiger partial charge < -0.3 is 19.3 Å². The normalized spacial score (nSPS) is 15.8. The van der Waals surface area contributed by atoms with Gasteiger partial charge in [-0.3, -0.25) is 4.57 Å². The van der Waals surface area contributed by atoms with Crippen LogP contribution in [0.1, 0.15) is 0 Å². The van der Waals surface area contributed by atoms with Crippen LogP contribution in [0.3, 0.4) is 0 Å². The Morgan fingerprint density at radius 2 is 1.89 bits per heavy atom. The fourth-order valence-corrected chi connectivity index (χ4v) is 3.95. The Labute approximate surface area is 169 Å². The van der Waals surface area contributed by atoms with E-state index in [0.717, 1.165) is 55.9 Å². The van der Waals surface area contributed by atoms with Crippen molar-refractivity contribution in [2.45, 2.75) is 32.4 Å². The molecule has 2 aromatic heterocycles. The second-order valence-electron chi connectivity index (χ2n) is 8.60. The Kier molecular flexibility index (Phi) is 6.74. The molecule has 3 rings (SSSR count). The highest BCUT2D eigenvalue weighted by Gasteiger charge is 2.21. The SMILES string of the molecule is COc1nc(-c2cccnc2N2CCN(C)CC2)cn1COCC[Si](C)(C)C. The van der Waals surface area contributed by atoms with Crippen LogP contribution in [0, 0.1) is 0 Å². The van der Waals surface area contributed by atoms with E-state index >= 15 is 0 Å². The quantitative estimate of drug-likeness (QED) is 0.499. The van der Waals surface area contributed by atoms with Crippen molar-refractivity contribution < 1.29 is 9.47 Å². The zero-order valence-corrected chi connectivity index (χ0v) is 18.8. The summed E-state index contributed by atoms with van der Waals surface area (Å²) in [7, 11) is 2.71.